The van der Waals surface area contributed by atoms with Crippen LogP contribution >= 0.6 is 35.9 Å². The Labute approximate surface area is 189 Å². The minimum atomic E-state index is -0.392. The summed E-state index contributed by atoms with van der Waals surface area (Å²) in [5, 5.41) is 13.5. The normalized spacial score (nSPS) is 14.4. The number of benzene rings is 2. The van der Waals surface area contributed by atoms with Gasteiger partial charge in [-0.3, -0.25) is 14.9 Å². The van der Waals surface area contributed by atoms with E-state index in [0.29, 0.717) is 5.75 Å². The lowest BCUT2D eigenvalue weighted by molar-refractivity contribution is -0.384. The molecule has 1 amide bonds. The van der Waals surface area contributed by atoms with Crippen molar-refractivity contribution in [3.05, 3.63) is 64.2 Å². The van der Waals surface area contributed by atoms with Gasteiger partial charge in [0, 0.05) is 61.6 Å². The number of nitrogens with one attached hydrogen (secondary N) is 1. The van der Waals surface area contributed by atoms with Crippen LogP contribution < -0.4 is 5.32 Å². The van der Waals surface area contributed by atoms with Crippen LogP contribution in [0.5, 0.6) is 0 Å². The van der Waals surface area contributed by atoms with Gasteiger partial charge in [0.25, 0.3) is 5.69 Å². The number of nitro benzene ring substituents is 1. The maximum absolute atomic E-state index is 11.1. The fourth-order valence-corrected chi connectivity index (χ4v) is 4.97. The van der Waals surface area contributed by atoms with E-state index in [9.17, 15) is 14.9 Å². The monoisotopic (exact) mass is 462 g/mol. The third-order valence-corrected chi connectivity index (χ3v) is 7.12. The average Bonchev–Trinajstić information content (AvgIpc) is 2.74. The van der Waals surface area contributed by atoms with Gasteiger partial charge in [-0.05, 0) is 41.8 Å². The summed E-state index contributed by atoms with van der Waals surface area (Å²) in [7, 11) is 0. The molecule has 0 spiro atoms. The van der Waals surface area contributed by atoms with E-state index in [-0.39, 0.29) is 11.6 Å². The summed E-state index contributed by atoms with van der Waals surface area (Å²) in [6.07, 6.45) is 0. The number of rotatable bonds is 6. The van der Waals surface area contributed by atoms with Crippen LogP contribution in [0.25, 0.3) is 0 Å². The van der Waals surface area contributed by atoms with Gasteiger partial charge in [-0.25, -0.2) is 4.31 Å². The highest BCUT2D eigenvalue weighted by Crippen LogP contribution is 2.26. The highest BCUT2D eigenvalue weighted by Gasteiger charge is 2.20. The predicted molar refractivity (Wildman–Crippen MR) is 127 cm³/mol. The molecule has 0 atom stereocenters. The molecule has 0 aliphatic carbocycles. The van der Waals surface area contributed by atoms with E-state index in [0.717, 1.165) is 46.6 Å². The topological polar surface area (TPSA) is 78.7 Å². The minimum absolute atomic E-state index is 0.0751. The average molecular weight is 463 g/mol. The first-order valence-electron chi connectivity index (χ1n) is 9.36. The third kappa shape index (κ3) is 6.69. The van der Waals surface area contributed by atoms with Crippen molar-refractivity contribution in [3.63, 3.8) is 0 Å². The minimum Gasteiger partial charge on any atom is -0.355 e. The molecule has 1 aliphatic heterocycles. The molecule has 0 aromatic heterocycles. The van der Waals surface area contributed by atoms with E-state index in [4.69, 9.17) is 12.2 Å². The summed E-state index contributed by atoms with van der Waals surface area (Å²) in [6, 6.07) is 14.4. The Bertz CT molecular complexity index is 899. The molecule has 2 aromatic carbocycles. The zero-order valence-electron chi connectivity index (χ0n) is 16.4. The third-order valence-electron chi connectivity index (χ3n) is 4.42. The van der Waals surface area contributed by atoms with E-state index in [2.05, 4.69) is 14.5 Å². The van der Waals surface area contributed by atoms with Crippen molar-refractivity contribution in [2.45, 2.75) is 17.6 Å². The van der Waals surface area contributed by atoms with Crippen LogP contribution in [0.3, 0.4) is 0 Å². The molecule has 3 rings (SSSR count). The van der Waals surface area contributed by atoms with Gasteiger partial charge in [-0.2, -0.15) is 0 Å². The first kappa shape index (κ1) is 22.5. The van der Waals surface area contributed by atoms with Crippen molar-refractivity contribution in [2.75, 3.05) is 31.5 Å². The van der Waals surface area contributed by atoms with E-state index in [1.54, 1.807) is 35.8 Å². The van der Waals surface area contributed by atoms with Crippen LogP contribution in [0.2, 0.25) is 0 Å². The van der Waals surface area contributed by atoms with Crippen molar-refractivity contribution >= 4 is 57.5 Å². The summed E-state index contributed by atoms with van der Waals surface area (Å²) in [6.45, 7) is 5.02. The second-order valence-electron chi connectivity index (χ2n) is 6.69. The smallest absolute Gasteiger partial charge is 0.269 e. The van der Waals surface area contributed by atoms with Crippen LogP contribution in [-0.2, 0) is 10.5 Å². The lowest BCUT2D eigenvalue weighted by Gasteiger charge is -2.35. The largest absolute Gasteiger partial charge is 0.355 e. The quantitative estimate of drug-likeness (QED) is 0.293. The predicted octanol–water partition coefficient (Wildman–Crippen LogP) is 4.40. The molecule has 1 N–H and O–H groups in total. The van der Waals surface area contributed by atoms with Gasteiger partial charge in [-0.15, -0.1) is 0 Å². The first-order valence-corrected chi connectivity index (χ1v) is 11.5. The Morgan fingerprint density at radius 3 is 2.30 bits per heavy atom. The zero-order chi connectivity index (χ0) is 21.5. The number of thiocarbonyl (C=S) groups is 1. The number of carbonyl (C=O) groups is 1. The summed E-state index contributed by atoms with van der Waals surface area (Å²) >= 11 is 8.88. The number of piperazine rings is 1. The fraction of sp³-hybridized carbons (Fsp3) is 0.300. The lowest BCUT2D eigenvalue weighted by Crippen LogP contribution is -2.44. The molecule has 0 unspecified atom stereocenters. The number of thioether (sulfide) groups is 1. The van der Waals surface area contributed by atoms with E-state index in [1.165, 1.54) is 19.1 Å². The van der Waals surface area contributed by atoms with E-state index < -0.39 is 4.92 Å². The molecular formula is C20H22N4O3S3. The maximum Gasteiger partial charge on any atom is 0.269 e. The molecule has 30 heavy (non-hydrogen) atoms. The van der Waals surface area contributed by atoms with Gasteiger partial charge in [0.2, 0.25) is 5.91 Å². The molecule has 10 heteroatoms. The number of non-ortho nitro benzene ring substituents is 1. The van der Waals surface area contributed by atoms with Gasteiger partial charge >= 0.3 is 0 Å². The molecule has 7 nitrogen and oxygen atoms in total. The van der Waals surface area contributed by atoms with Gasteiger partial charge < -0.3 is 10.2 Å². The van der Waals surface area contributed by atoms with Gasteiger partial charge in [0.15, 0.2) is 0 Å². The highest BCUT2D eigenvalue weighted by atomic mass is 32.2. The van der Waals surface area contributed by atoms with Crippen LogP contribution in [-0.4, -0.2) is 50.5 Å². The fourth-order valence-electron chi connectivity index (χ4n) is 2.86. The number of nitrogens with zero attached hydrogens (tertiary/aromatic N) is 3. The van der Waals surface area contributed by atoms with Crippen LogP contribution in [0.15, 0.2) is 53.4 Å². The molecule has 0 bridgehead atoms. The second kappa shape index (κ2) is 10.8. The number of hydrogen-bond donors (Lipinski definition) is 1. The molecular weight excluding hydrogens is 440 g/mol. The molecule has 1 saturated heterocycles. The zero-order valence-corrected chi connectivity index (χ0v) is 18.9. The number of anilines is 1. The molecule has 158 valence electrons. The Hall–Kier alpha value is -2.14. The molecule has 1 aliphatic rings. The lowest BCUT2D eigenvalue weighted by atomic mass is 10.2. The van der Waals surface area contributed by atoms with Crippen molar-refractivity contribution in [3.8, 4) is 0 Å². The molecule has 0 radical (unpaired) electrons. The van der Waals surface area contributed by atoms with E-state index >= 15 is 0 Å². The van der Waals surface area contributed by atoms with Crippen molar-refractivity contribution < 1.29 is 9.72 Å². The molecule has 0 saturated carbocycles. The summed E-state index contributed by atoms with van der Waals surface area (Å²) < 4.78 is 3.17. The van der Waals surface area contributed by atoms with Gasteiger partial charge in [0.1, 0.15) is 4.32 Å². The van der Waals surface area contributed by atoms with Gasteiger partial charge in [-0.1, -0.05) is 36.1 Å². The molecule has 2 aromatic rings. The Kier molecular flexibility index (Phi) is 8.08. The summed E-state index contributed by atoms with van der Waals surface area (Å²) in [5.74, 6) is 0.626. The Morgan fingerprint density at radius 1 is 1.10 bits per heavy atom. The highest BCUT2D eigenvalue weighted by molar-refractivity contribution is 8.22. The summed E-state index contributed by atoms with van der Waals surface area (Å²) in [5.41, 5.74) is 1.92. The standard InChI is InChI=1S/C20H22N4O3S3/c1-15(25)21-17-4-8-19(9-5-17)30-23-12-10-22(11-13-23)20(28)29-14-16-2-6-18(7-3-16)24(26)27/h2-9H,10-14H2,1H3,(H,21,25). The van der Waals surface area contributed by atoms with Crippen LogP contribution in [0.1, 0.15) is 12.5 Å². The first-order chi connectivity index (χ1) is 14.4. The van der Waals surface area contributed by atoms with E-state index in [1.807, 2.05) is 24.3 Å². The number of hydrogen-bond acceptors (Lipinski definition) is 7. The van der Waals surface area contributed by atoms with Crippen molar-refractivity contribution in [2.24, 2.45) is 0 Å². The molecule has 1 fully saturated rings. The van der Waals surface area contributed by atoms with Crippen LogP contribution in [0.4, 0.5) is 11.4 Å². The Morgan fingerprint density at radius 2 is 1.73 bits per heavy atom. The van der Waals surface area contributed by atoms with Gasteiger partial charge in [0.05, 0.1) is 4.92 Å². The number of carbonyl (C=O) groups excluding carboxylic acids is 1. The van der Waals surface area contributed by atoms with Crippen molar-refractivity contribution in [1.82, 2.24) is 9.21 Å². The summed E-state index contributed by atoms with van der Waals surface area (Å²) in [4.78, 5) is 24.8. The second-order valence-corrected chi connectivity index (χ2v) is 9.47. The number of nitro groups is 1. The Balaban J connectivity index is 1.41. The van der Waals surface area contributed by atoms with Crippen LogP contribution in [0, 0.1) is 10.1 Å². The van der Waals surface area contributed by atoms with Crippen molar-refractivity contribution in [1.29, 1.82) is 0 Å². The molecule has 1 heterocycles. The number of amides is 1. The SMILES string of the molecule is CC(=O)Nc1ccc(SN2CCN(C(=S)SCc3ccc([N+](=O)[O-])cc3)CC2)cc1. The maximum atomic E-state index is 11.1.